The highest BCUT2D eigenvalue weighted by Crippen LogP contribution is 2.26. The number of nitrogens with zero attached hydrogens (tertiary/aromatic N) is 2. The third-order valence-electron chi connectivity index (χ3n) is 3.64. The fourth-order valence-corrected chi connectivity index (χ4v) is 2.54. The SMILES string of the molecule is Cc1nn(C)c(CC(O)c2ccc(C(C)C)cc2)c1Cl. The molecule has 0 saturated carbocycles. The van der Waals surface area contributed by atoms with Gasteiger partial charge in [-0.15, -0.1) is 0 Å². The molecule has 3 nitrogen and oxygen atoms in total. The van der Waals surface area contributed by atoms with E-state index in [0.29, 0.717) is 17.4 Å². The molecule has 0 aliphatic carbocycles. The van der Waals surface area contributed by atoms with Gasteiger partial charge in [-0.3, -0.25) is 4.68 Å². The lowest BCUT2D eigenvalue weighted by Crippen LogP contribution is -2.07. The molecule has 1 aromatic carbocycles. The van der Waals surface area contributed by atoms with Crippen LogP contribution in [-0.2, 0) is 13.5 Å². The van der Waals surface area contributed by atoms with Crippen molar-refractivity contribution in [1.29, 1.82) is 0 Å². The van der Waals surface area contributed by atoms with Crippen LogP contribution in [0.5, 0.6) is 0 Å². The molecule has 0 amide bonds. The monoisotopic (exact) mass is 292 g/mol. The fourth-order valence-electron chi connectivity index (χ4n) is 2.31. The van der Waals surface area contributed by atoms with Gasteiger partial charge in [0.1, 0.15) is 0 Å². The Morgan fingerprint density at radius 2 is 1.75 bits per heavy atom. The fraction of sp³-hybridized carbons (Fsp3) is 0.438. The van der Waals surface area contributed by atoms with Gasteiger partial charge in [-0.25, -0.2) is 0 Å². The van der Waals surface area contributed by atoms with Crippen LogP contribution in [0.1, 0.15) is 48.4 Å². The molecule has 1 unspecified atom stereocenters. The van der Waals surface area contributed by atoms with Crippen molar-refractivity contribution >= 4 is 11.6 Å². The molecule has 1 atom stereocenters. The molecule has 0 spiro atoms. The molecule has 0 fully saturated rings. The van der Waals surface area contributed by atoms with Crippen LogP contribution in [0.3, 0.4) is 0 Å². The molecule has 1 aromatic heterocycles. The summed E-state index contributed by atoms with van der Waals surface area (Å²) in [5.74, 6) is 0.496. The van der Waals surface area contributed by atoms with Gasteiger partial charge < -0.3 is 5.11 Å². The lowest BCUT2D eigenvalue weighted by Gasteiger charge is -2.13. The van der Waals surface area contributed by atoms with Gasteiger partial charge in [0.2, 0.25) is 0 Å². The van der Waals surface area contributed by atoms with Gasteiger partial charge in [0, 0.05) is 13.5 Å². The molecule has 2 rings (SSSR count). The van der Waals surface area contributed by atoms with Crippen LogP contribution in [-0.4, -0.2) is 14.9 Å². The topological polar surface area (TPSA) is 38.0 Å². The minimum atomic E-state index is -0.566. The molecule has 0 radical (unpaired) electrons. The average molecular weight is 293 g/mol. The van der Waals surface area contributed by atoms with Crippen molar-refractivity contribution in [3.8, 4) is 0 Å². The van der Waals surface area contributed by atoms with E-state index in [9.17, 15) is 5.11 Å². The Labute approximate surface area is 125 Å². The second-order valence-electron chi connectivity index (χ2n) is 5.51. The highest BCUT2D eigenvalue weighted by atomic mass is 35.5. The molecule has 0 saturated heterocycles. The molecule has 108 valence electrons. The predicted octanol–water partition coefficient (Wildman–Crippen LogP) is 3.78. The maximum Gasteiger partial charge on any atom is 0.0848 e. The molecular formula is C16H21ClN2O. The summed E-state index contributed by atoms with van der Waals surface area (Å²) in [4.78, 5) is 0. The first-order valence-corrected chi connectivity index (χ1v) is 7.23. The minimum Gasteiger partial charge on any atom is -0.388 e. The van der Waals surface area contributed by atoms with Crippen LogP contribution in [0.4, 0.5) is 0 Å². The maximum atomic E-state index is 10.4. The Bertz CT molecular complexity index is 587. The van der Waals surface area contributed by atoms with Crippen molar-refractivity contribution in [2.75, 3.05) is 0 Å². The van der Waals surface area contributed by atoms with Crippen molar-refractivity contribution < 1.29 is 5.11 Å². The highest BCUT2D eigenvalue weighted by molar-refractivity contribution is 6.31. The first-order chi connectivity index (χ1) is 9.40. The lowest BCUT2D eigenvalue weighted by molar-refractivity contribution is 0.176. The minimum absolute atomic E-state index is 0.469. The molecule has 1 N–H and O–H groups in total. The number of aryl methyl sites for hydroxylation is 2. The van der Waals surface area contributed by atoms with Gasteiger partial charge in [-0.2, -0.15) is 5.10 Å². The van der Waals surface area contributed by atoms with Gasteiger partial charge in [-0.05, 0) is 24.0 Å². The van der Waals surface area contributed by atoms with E-state index in [1.165, 1.54) is 5.56 Å². The molecule has 0 aliphatic rings. The van der Waals surface area contributed by atoms with E-state index in [2.05, 4.69) is 31.1 Å². The van der Waals surface area contributed by atoms with Crippen LogP contribution in [0, 0.1) is 6.92 Å². The second kappa shape index (κ2) is 5.98. The van der Waals surface area contributed by atoms with Gasteiger partial charge >= 0.3 is 0 Å². The van der Waals surface area contributed by atoms with E-state index in [1.54, 1.807) is 4.68 Å². The third-order valence-corrected chi connectivity index (χ3v) is 4.13. The van der Waals surface area contributed by atoms with Crippen molar-refractivity contribution in [3.05, 3.63) is 51.8 Å². The van der Waals surface area contributed by atoms with Crippen molar-refractivity contribution in [2.45, 2.75) is 39.2 Å². The summed E-state index contributed by atoms with van der Waals surface area (Å²) in [5.41, 5.74) is 3.84. The van der Waals surface area contributed by atoms with E-state index < -0.39 is 6.10 Å². The number of rotatable bonds is 4. The third kappa shape index (κ3) is 3.05. The normalized spacial score (nSPS) is 12.9. The summed E-state index contributed by atoms with van der Waals surface area (Å²) in [6, 6.07) is 8.10. The first kappa shape index (κ1) is 15.1. The standard InChI is InChI=1S/C16H21ClN2O/c1-10(2)12-5-7-13(8-6-12)15(20)9-14-16(17)11(3)18-19(14)4/h5-8,10,15,20H,9H2,1-4H3. The number of aromatic nitrogens is 2. The van der Waals surface area contributed by atoms with Gasteiger partial charge in [0.05, 0.1) is 22.5 Å². The number of hydrogen-bond donors (Lipinski definition) is 1. The Kier molecular flexibility index (Phi) is 4.51. The Hall–Kier alpha value is -1.32. The van der Waals surface area contributed by atoms with Crippen LogP contribution >= 0.6 is 11.6 Å². The van der Waals surface area contributed by atoms with E-state index in [4.69, 9.17) is 11.6 Å². The Morgan fingerprint density at radius 3 is 2.20 bits per heavy atom. The van der Waals surface area contributed by atoms with E-state index in [0.717, 1.165) is 17.0 Å². The first-order valence-electron chi connectivity index (χ1n) is 6.86. The highest BCUT2D eigenvalue weighted by Gasteiger charge is 2.16. The van der Waals surface area contributed by atoms with Crippen LogP contribution in [0.2, 0.25) is 5.02 Å². The zero-order chi connectivity index (χ0) is 14.9. The summed E-state index contributed by atoms with van der Waals surface area (Å²) >= 11 is 6.22. The summed E-state index contributed by atoms with van der Waals surface area (Å²) in [7, 11) is 1.85. The summed E-state index contributed by atoms with van der Waals surface area (Å²) in [6.45, 7) is 6.18. The van der Waals surface area contributed by atoms with E-state index >= 15 is 0 Å². The summed E-state index contributed by atoms with van der Waals surface area (Å²) in [5, 5.41) is 15.3. The number of aliphatic hydroxyl groups excluding tert-OH is 1. The Morgan fingerprint density at radius 1 is 1.20 bits per heavy atom. The Balaban J connectivity index is 2.17. The number of hydrogen-bond acceptors (Lipinski definition) is 2. The largest absolute Gasteiger partial charge is 0.388 e. The average Bonchev–Trinajstić information content (AvgIpc) is 2.65. The van der Waals surface area contributed by atoms with Crippen LogP contribution in [0.25, 0.3) is 0 Å². The summed E-state index contributed by atoms with van der Waals surface area (Å²) < 4.78 is 1.74. The molecule has 20 heavy (non-hydrogen) atoms. The molecule has 1 heterocycles. The summed E-state index contributed by atoms with van der Waals surface area (Å²) in [6.07, 6.45) is -0.0967. The van der Waals surface area contributed by atoms with E-state index in [-0.39, 0.29) is 0 Å². The maximum absolute atomic E-state index is 10.4. The quantitative estimate of drug-likeness (QED) is 0.931. The van der Waals surface area contributed by atoms with E-state index in [1.807, 2.05) is 26.1 Å². The molecular weight excluding hydrogens is 272 g/mol. The van der Waals surface area contributed by atoms with Crippen molar-refractivity contribution in [2.24, 2.45) is 7.05 Å². The predicted molar refractivity (Wildman–Crippen MR) is 82.1 cm³/mol. The number of halogens is 1. The van der Waals surface area contributed by atoms with Gasteiger partial charge in [0.15, 0.2) is 0 Å². The van der Waals surface area contributed by atoms with Crippen LogP contribution < -0.4 is 0 Å². The van der Waals surface area contributed by atoms with Gasteiger partial charge in [-0.1, -0.05) is 49.7 Å². The van der Waals surface area contributed by atoms with Crippen molar-refractivity contribution in [3.63, 3.8) is 0 Å². The zero-order valence-corrected chi connectivity index (χ0v) is 13.1. The van der Waals surface area contributed by atoms with Crippen molar-refractivity contribution in [1.82, 2.24) is 9.78 Å². The lowest BCUT2D eigenvalue weighted by atomic mass is 9.98. The molecule has 4 heteroatoms. The van der Waals surface area contributed by atoms with Crippen LogP contribution in [0.15, 0.2) is 24.3 Å². The second-order valence-corrected chi connectivity index (χ2v) is 5.89. The van der Waals surface area contributed by atoms with Gasteiger partial charge in [0.25, 0.3) is 0 Å². The molecule has 0 bridgehead atoms. The number of aliphatic hydroxyl groups is 1. The molecule has 2 aromatic rings. The molecule has 0 aliphatic heterocycles. The number of benzene rings is 1. The smallest absolute Gasteiger partial charge is 0.0848 e. The zero-order valence-electron chi connectivity index (χ0n) is 12.4.